The number of hydrogen-bond donors (Lipinski definition) is 0. The van der Waals surface area contributed by atoms with Gasteiger partial charge in [0.2, 0.25) is 0 Å². The summed E-state index contributed by atoms with van der Waals surface area (Å²) < 4.78 is 6.17. The fourth-order valence-corrected chi connectivity index (χ4v) is 7.30. The summed E-state index contributed by atoms with van der Waals surface area (Å²) in [6.07, 6.45) is 0. The second kappa shape index (κ2) is 12.9. The standard InChI is InChI=1S/C49H31N3O/c1-2-10-32(11-3-1)33-20-26-37(27-21-33)47-50-48(38-28-22-35(23-29-38)41-16-8-13-34-12-4-5-14-40(34)41)52-49(51-47)39-30-24-36(25-31-39)42-17-9-19-45-46(42)43-15-6-7-18-44(43)53-45/h1-31H. The van der Waals surface area contributed by atoms with Crippen molar-refractivity contribution >= 4 is 32.7 Å². The van der Waals surface area contributed by atoms with Crippen LogP contribution in [0.1, 0.15) is 0 Å². The molecule has 4 nitrogen and oxygen atoms in total. The molecule has 53 heavy (non-hydrogen) atoms. The molecule has 0 aliphatic rings. The fourth-order valence-electron chi connectivity index (χ4n) is 7.30. The van der Waals surface area contributed by atoms with Gasteiger partial charge in [-0.3, -0.25) is 0 Å². The predicted octanol–water partition coefficient (Wildman–Crippen LogP) is 12.9. The highest BCUT2D eigenvalue weighted by Gasteiger charge is 2.16. The highest BCUT2D eigenvalue weighted by atomic mass is 16.3. The minimum absolute atomic E-state index is 0.619. The lowest BCUT2D eigenvalue weighted by atomic mass is 9.97. The minimum Gasteiger partial charge on any atom is -0.456 e. The van der Waals surface area contributed by atoms with Gasteiger partial charge < -0.3 is 4.42 Å². The number of para-hydroxylation sites is 1. The van der Waals surface area contributed by atoms with Crippen molar-refractivity contribution in [3.63, 3.8) is 0 Å². The molecule has 0 atom stereocenters. The predicted molar refractivity (Wildman–Crippen MR) is 217 cm³/mol. The van der Waals surface area contributed by atoms with Crippen LogP contribution < -0.4 is 0 Å². The molecule has 0 aliphatic carbocycles. The van der Waals surface area contributed by atoms with Crippen LogP contribution in [-0.2, 0) is 0 Å². The van der Waals surface area contributed by atoms with Crippen LogP contribution in [0.25, 0.3) is 100 Å². The van der Waals surface area contributed by atoms with Crippen LogP contribution in [-0.4, -0.2) is 15.0 Å². The van der Waals surface area contributed by atoms with Crippen LogP contribution >= 0.6 is 0 Å². The molecule has 8 aromatic carbocycles. The third-order valence-electron chi connectivity index (χ3n) is 9.99. The fraction of sp³-hybridized carbons (Fsp3) is 0. The van der Waals surface area contributed by atoms with Crippen LogP contribution in [0.2, 0.25) is 0 Å². The molecule has 0 unspecified atom stereocenters. The molecule has 248 valence electrons. The largest absolute Gasteiger partial charge is 0.456 e. The van der Waals surface area contributed by atoms with Gasteiger partial charge in [-0.15, -0.1) is 0 Å². The van der Waals surface area contributed by atoms with Crippen LogP contribution in [0.3, 0.4) is 0 Å². The molecule has 4 heteroatoms. The molecule has 0 saturated carbocycles. The molecule has 0 bridgehead atoms. The van der Waals surface area contributed by atoms with E-state index in [2.05, 4.69) is 158 Å². The van der Waals surface area contributed by atoms with Gasteiger partial charge in [0.25, 0.3) is 0 Å². The number of benzene rings is 8. The van der Waals surface area contributed by atoms with E-state index in [1.165, 1.54) is 21.9 Å². The molecule has 2 heterocycles. The van der Waals surface area contributed by atoms with Gasteiger partial charge in [0.05, 0.1) is 0 Å². The summed E-state index contributed by atoms with van der Waals surface area (Å²) in [6, 6.07) is 65.2. The Labute approximate surface area is 306 Å². The lowest BCUT2D eigenvalue weighted by molar-refractivity contribution is 0.669. The van der Waals surface area contributed by atoms with E-state index in [1.807, 2.05) is 30.3 Å². The van der Waals surface area contributed by atoms with Gasteiger partial charge in [0.1, 0.15) is 11.2 Å². The Bertz CT molecular complexity index is 2910. The molecule has 10 aromatic rings. The number of aromatic nitrogens is 3. The number of nitrogens with zero attached hydrogens (tertiary/aromatic N) is 3. The Hall–Kier alpha value is -7.17. The van der Waals surface area contributed by atoms with Gasteiger partial charge in [0.15, 0.2) is 17.5 Å². The SMILES string of the molecule is c1ccc(-c2ccc(-c3nc(-c4ccc(-c5cccc6ccccc56)cc4)nc(-c4ccc(-c5cccc6oc7ccccc7c56)cc4)n3)cc2)cc1. The van der Waals surface area contributed by atoms with Gasteiger partial charge in [-0.05, 0) is 56.3 Å². The van der Waals surface area contributed by atoms with Crippen molar-refractivity contribution in [1.82, 2.24) is 15.0 Å². The molecule has 0 N–H and O–H groups in total. The average Bonchev–Trinajstić information content (AvgIpc) is 3.63. The summed E-state index contributed by atoms with van der Waals surface area (Å²) in [5.41, 5.74) is 11.4. The third-order valence-corrected chi connectivity index (χ3v) is 9.99. The Kier molecular flexibility index (Phi) is 7.43. The molecular weight excluding hydrogens is 647 g/mol. The Balaban J connectivity index is 1.06. The molecule has 0 spiro atoms. The summed E-state index contributed by atoms with van der Waals surface area (Å²) in [7, 11) is 0. The highest BCUT2D eigenvalue weighted by Crippen LogP contribution is 2.37. The zero-order valence-corrected chi connectivity index (χ0v) is 28.6. The first-order valence-corrected chi connectivity index (χ1v) is 17.8. The molecule has 2 aromatic heterocycles. The first-order chi connectivity index (χ1) is 26.2. The van der Waals surface area contributed by atoms with E-state index >= 15 is 0 Å². The molecule has 0 radical (unpaired) electrons. The molecular formula is C49H31N3O. The molecule has 0 amide bonds. The van der Waals surface area contributed by atoms with E-state index in [0.717, 1.165) is 60.9 Å². The summed E-state index contributed by atoms with van der Waals surface area (Å²) in [6.45, 7) is 0. The quantitative estimate of drug-likeness (QED) is 0.176. The smallest absolute Gasteiger partial charge is 0.164 e. The first kappa shape index (κ1) is 30.6. The molecule has 0 fully saturated rings. The first-order valence-electron chi connectivity index (χ1n) is 17.8. The zero-order valence-electron chi connectivity index (χ0n) is 28.6. The van der Waals surface area contributed by atoms with E-state index in [0.29, 0.717) is 17.5 Å². The number of furan rings is 1. The van der Waals surface area contributed by atoms with E-state index in [1.54, 1.807) is 0 Å². The summed E-state index contributed by atoms with van der Waals surface area (Å²) >= 11 is 0. The zero-order chi connectivity index (χ0) is 35.1. The van der Waals surface area contributed by atoms with Crippen molar-refractivity contribution in [2.24, 2.45) is 0 Å². The summed E-state index contributed by atoms with van der Waals surface area (Å²) in [4.78, 5) is 15.2. The van der Waals surface area contributed by atoms with Gasteiger partial charge in [-0.25, -0.2) is 15.0 Å². The maximum atomic E-state index is 6.17. The van der Waals surface area contributed by atoms with Gasteiger partial charge in [0, 0.05) is 27.5 Å². The third kappa shape index (κ3) is 5.63. The van der Waals surface area contributed by atoms with Crippen molar-refractivity contribution in [2.45, 2.75) is 0 Å². The van der Waals surface area contributed by atoms with Crippen molar-refractivity contribution in [3.8, 4) is 67.5 Å². The lowest BCUT2D eigenvalue weighted by Crippen LogP contribution is -2.00. The van der Waals surface area contributed by atoms with Crippen LogP contribution in [0.5, 0.6) is 0 Å². The van der Waals surface area contributed by atoms with Crippen LogP contribution in [0.4, 0.5) is 0 Å². The Morgan fingerprint density at radius 2 is 0.717 bits per heavy atom. The van der Waals surface area contributed by atoms with Crippen molar-refractivity contribution in [3.05, 3.63) is 188 Å². The monoisotopic (exact) mass is 677 g/mol. The maximum Gasteiger partial charge on any atom is 0.164 e. The topological polar surface area (TPSA) is 51.8 Å². The van der Waals surface area contributed by atoms with Crippen molar-refractivity contribution in [1.29, 1.82) is 0 Å². The number of rotatable bonds is 6. The molecule has 0 saturated heterocycles. The van der Waals surface area contributed by atoms with E-state index in [-0.39, 0.29) is 0 Å². The molecule has 10 rings (SSSR count). The summed E-state index contributed by atoms with van der Waals surface area (Å²) in [5, 5.41) is 4.68. The van der Waals surface area contributed by atoms with Crippen LogP contribution in [0, 0.1) is 0 Å². The lowest BCUT2D eigenvalue weighted by Gasteiger charge is -2.11. The average molecular weight is 678 g/mol. The number of fused-ring (bicyclic) bond motifs is 4. The second-order valence-electron chi connectivity index (χ2n) is 13.2. The normalized spacial score (nSPS) is 11.4. The van der Waals surface area contributed by atoms with Crippen molar-refractivity contribution in [2.75, 3.05) is 0 Å². The highest BCUT2D eigenvalue weighted by molar-refractivity contribution is 6.12. The van der Waals surface area contributed by atoms with E-state index in [4.69, 9.17) is 19.4 Å². The van der Waals surface area contributed by atoms with Crippen molar-refractivity contribution < 1.29 is 4.42 Å². The number of hydrogen-bond acceptors (Lipinski definition) is 4. The van der Waals surface area contributed by atoms with E-state index < -0.39 is 0 Å². The Morgan fingerprint density at radius 3 is 1.38 bits per heavy atom. The van der Waals surface area contributed by atoms with Gasteiger partial charge in [-0.2, -0.15) is 0 Å². The second-order valence-corrected chi connectivity index (χ2v) is 13.2. The van der Waals surface area contributed by atoms with Gasteiger partial charge >= 0.3 is 0 Å². The maximum absolute atomic E-state index is 6.17. The Morgan fingerprint density at radius 1 is 0.283 bits per heavy atom. The van der Waals surface area contributed by atoms with Gasteiger partial charge in [-0.1, -0.05) is 176 Å². The minimum atomic E-state index is 0.619. The molecule has 0 aliphatic heterocycles. The summed E-state index contributed by atoms with van der Waals surface area (Å²) in [5.74, 6) is 1.87. The van der Waals surface area contributed by atoms with E-state index in [9.17, 15) is 0 Å². The van der Waals surface area contributed by atoms with Crippen LogP contribution in [0.15, 0.2) is 192 Å².